The molecule has 6 nitrogen and oxygen atoms in total. The molecule has 1 amide bonds. The van der Waals surface area contributed by atoms with Crippen LogP contribution in [0, 0.1) is 0 Å². The van der Waals surface area contributed by atoms with Gasteiger partial charge in [0.2, 0.25) is 5.91 Å². The summed E-state index contributed by atoms with van der Waals surface area (Å²) in [6, 6.07) is 29.7. The van der Waals surface area contributed by atoms with E-state index < -0.39 is 22.5 Å². The van der Waals surface area contributed by atoms with Crippen LogP contribution in [-0.4, -0.2) is 28.0 Å². The normalized spacial score (nSPS) is 11.1. The van der Waals surface area contributed by atoms with Crippen molar-refractivity contribution in [3.8, 4) is 5.75 Å². The van der Waals surface area contributed by atoms with Crippen molar-refractivity contribution in [3.63, 3.8) is 0 Å². The Bertz CT molecular complexity index is 1450. The summed E-state index contributed by atoms with van der Waals surface area (Å²) < 4.78 is 33.4. The number of para-hydroxylation sites is 1. The maximum absolute atomic E-state index is 13.6. The molecular formula is C27H23ClN2O4S2. The van der Waals surface area contributed by atoms with Gasteiger partial charge in [0.25, 0.3) is 10.0 Å². The molecule has 0 aliphatic heterocycles. The zero-order chi connectivity index (χ0) is 25.5. The molecule has 0 heterocycles. The highest BCUT2D eigenvalue weighted by atomic mass is 35.5. The van der Waals surface area contributed by atoms with Crippen molar-refractivity contribution < 1.29 is 17.9 Å². The van der Waals surface area contributed by atoms with E-state index in [0.717, 1.165) is 14.1 Å². The standard InChI is InChI=1S/C27H23ClN2O4S2/c1-34-25-17-16-20(18-23(25)28)30(36(32,33)22-12-6-3-7-13-22)19-27(31)29-24-14-8-9-15-26(24)35-21-10-4-2-5-11-21/h2-18H,19H2,1H3,(H,29,31). The van der Waals surface area contributed by atoms with Crippen molar-refractivity contribution in [1.82, 2.24) is 0 Å². The van der Waals surface area contributed by atoms with E-state index in [2.05, 4.69) is 5.32 Å². The van der Waals surface area contributed by atoms with E-state index in [1.165, 1.54) is 37.1 Å². The average molecular weight is 539 g/mol. The number of carbonyl (C=O) groups is 1. The second-order valence-corrected chi connectivity index (χ2v) is 11.0. The molecule has 184 valence electrons. The number of benzene rings is 4. The Morgan fingerprint density at radius 1 is 0.917 bits per heavy atom. The van der Waals surface area contributed by atoms with E-state index in [1.807, 2.05) is 48.5 Å². The van der Waals surface area contributed by atoms with Gasteiger partial charge in [-0.15, -0.1) is 0 Å². The van der Waals surface area contributed by atoms with Gasteiger partial charge >= 0.3 is 0 Å². The van der Waals surface area contributed by atoms with Crippen molar-refractivity contribution in [2.24, 2.45) is 0 Å². The molecule has 0 aliphatic carbocycles. The van der Waals surface area contributed by atoms with Gasteiger partial charge in [-0.25, -0.2) is 8.42 Å². The lowest BCUT2D eigenvalue weighted by atomic mass is 10.3. The number of rotatable bonds is 9. The lowest BCUT2D eigenvalue weighted by molar-refractivity contribution is -0.114. The second-order valence-electron chi connectivity index (χ2n) is 7.60. The van der Waals surface area contributed by atoms with Gasteiger partial charge in [0.05, 0.1) is 28.4 Å². The molecule has 0 spiro atoms. The Kier molecular flexibility index (Phi) is 8.20. The first kappa shape index (κ1) is 25.6. The van der Waals surface area contributed by atoms with Crippen LogP contribution >= 0.6 is 23.4 Å². The highest BCUT2D eigenvalue weighted by molar-refractivity contribution is 7.99. The summed E-state index contributed by atoms with van der Waals surface area (Å²) in [4.78, 5) is 15.1. The summed E-state index contributed by atoms with van der Waals surface area (Å²) in [5, 5.41) is 3.10. The average Bonchev–Trinajstić information content (AvgIpc) is 2.89. The minimum Gasteiger partial charge on any atom is -0.495 e. The number of ether oxygens (including phenoxy) is 1. The minimum atomic E-state index is -4.07. The number of hydrogen-bond donors (Lipinski definition) is 1. The van der Waals surface area contributed by atoms with Crippen LogP contribution in [0.1, 0.15) is 0 Å². The highest BCUT2D eigenvalue weighted by Crippen LogP contribution is 2.34. The number of nitrogens with one attached hydrogen (secondary N) is 1. The molecule has 0 aromatic heterocycles. The van der Waals surface area contributed by atoms with Gasteiger partial charge in [-0.05, 0) is 54.6 Å². The Labute approximate surface area is 219 Å². The first-order valence-corrected chi connectivity index (χ1v) is 13.5. The van der Waals surface area contributed by atoms with Crippen LogP contribution in [0.15, 0.2) is 118 Å². The summed E-state index contributed by atoms with van der Waals surface area (Å²) in [5.41, 5.74) is 0.827. The van der Waals surface area contributed by atoms with Gasteiger partial charge in [0.15, 0.2) is 0 Å². The van der Waals surface area contributed by atoms with Gasteiger partial charge in [0.1, 0.15) is 12.3 Å². The second kappa shape index (κ2) is 11.5. The topological polar surface area (TPSA) is 75.7 Å². The van der Waals surface area contributed by atoms with Crippen LogP contribution in [-0.2, 0) is 14.8 Å². The van der Waals surface area contributed by atoms with E-state index in [-0.39, 0.29) is 15.6 Å². The third-order valence-electron chi connectivity index (χ3n) is 5.17. The fourth-order valence-electron chi connectivity index (χ4n) is 3.44. The molecule has 0 saturated carbocycles. The van der Waals surface area contributed by atoms with Gasteiger partial charge in [-0.3, -0.25) is 9.10 Å². The molecule has 36 heavy (non-hydrogen) atoms. The van der Waals surface area contributed by atoms with Crippen LogP contribution < -0.4 is 14.4 Å². The van der Waals surface area contributed by atoms with E-state index in [1.54, 1.807) is 36.4 Å². The predicted octanol–water partition coefficient (Wildman–Crippen LogP) is 6.33. The number of sulfonamides is 1. The third-order valence-corrected chi connectivity index (χ3v) is 8.34. The fourth-order valence-corrected chi connectivity index (χ4v) is 6.05. The Morgan fingerprint density at radius 3 is 2.22 bits per heavy atom. The zero-order valence-corrected chi connectivity index (χ0v) is 21.7. The first-order chi connectivity index (χ1) is 17.4. The number of nitrogens with zero attached hydrogens (tertiary/aromatic N) is 1. The number of anilines is 2. The Hall–Kier alpha value is -3.46. The fraction of sp³-hybridized carbons (Fsp3) is 0.0741. The largest absolute Gasteiger partial charge is 0.495 e. The predicted molar refractivity (Wildman–Crippen MR) is 145 cm³/mol. The summed E-state index contributed by atoms with van der Waals surface area (Å²) in [5.74, 6) is -0.101. The zero-order valence-electron chi connectivity index (χ0n) is 19.3. The van der Waals surface area contributed by atoms with E-state index in [9.17, 15) is 13.2 Å². The molecule has 0 bridgehead atoms. The molecule has 4 rings (SSSR count). The van der Waals surface area contributed by atoms with Crippen molar-refractivity contribution in [1.29, 1.82) is 0 Å². The molecule has 0 saturated heterocycles. The minimum absolute atomic E-state index is 0.0600. The Morgan fingerprint density at radius 2 is 1.56 bits per heavy atom. The highest BCUT2D eigenvalue weighted by Gasteiger charge is 2.28. The van der Waals surface area contributed by atoms with Gasteiger partial charge < -0.3 is 10.1 Å². The van der Waals surface area contributed by atoms with Crippen LogP contribution in [0.25, 0.3) is 0 Å². The molecule has 9 heteroatoms. The molecule has 0 fully saturated rings. The van der Waals surface area contributed by atoms with Crippen molar-refractivity contribution in [2.45, 2.75) is 14.7 Å². The van der Waals surface area contributed by atoms with Gasteiger partial charge in [-0.1, -0.05) is 71.9 Å². The van der Waals surface area contributed by atoms with Crippen molar-refractivity contribution in [2.75, 3.05) is 23.3 Å². The SMILES string of the molecule is COc1ccc(N(CC(=O)Nc2ccccc2Sc2ccccc2)S(=O)(=O)c2ccccc2)cc1Cl. The molecule has 0 unspecified atom stereocenters. The molecule has 4 aromatic carbocycles. The number of halogens is 1. The van der Waals surface area contributed by atoms with E-state index in [4.69, 9.17) is 16.3 Å². The van der Waals surface area contributed by atoms with Crippen LogP contribution in [0.3, 0.4) is 0 Å². The summed E-state index contributed by atoms with van der Waals surface area (Å²) >= 11 is 7.79. The summed E-state index contributed by atoms with van der Waals surface area (Å²) in [7, 11) is -2.60. The van der Waals surface area contributed by atoms with Gasteiger partial charge in [0, 0.05) is 9.79 Å². The van der Waals surface area contributed by atoms with Crippen LogP contribution in [0.5, 0.6) is 5.75 Å². The summed E-state index contributed by atoms with van der Waals surface area (Å²) in [6.45, 7) is -0.454. The van der Waals surface area contributed by atoms with E-state index in [0.29, 0.717) is 11.4 Å². The maximum Gasteiger partial charge on any atom is 0.264 e. The van der Waals surface area contributed by atoms with E-state index >= 15 is 0 Å². The first-order valence-electron chi connectivity index (χ1n) is 10.9. The Balaban J connectivity index is 1.64. The smallest absolute Gasteiger partial charge is 0.264 e. The number of carbonyl (C=O) groups excluding carboxylic acids is 1. The number of amides is 1. The molecular weight excluding hydrogens is 516 g/mol. The molecule has 0 radical (unpaired) electrons. The van der Waals surface area contributed by atoms with Crippen molar-refractivity contribution >= 4 is 50.7 Å². The molecule has 0 atom stereocenters. The third kappa shape index (κ3) is 6.02. The van der Waals surface area contributed by atoms with Crippen LogP contribution in [0.4, 0.5) is 11.4 Å². The quantitative estimate of drug-likeness (QED) is 0.269. The monoisotopic (exact) mass is 538 g/mol. The lowest BCUT2D eigenvalue weighted by Crippen LogP contribution is -2.38. The van der Waals surface area contributed by atoms with Crippen LogP contribution in [0.2, 0.25) is 5.02 Å². The maximum atomic E-state index is 13.6. The van der Waals surface area contributed by atoms with Gasteiger partial charge in [-0.2, -0.15) is 0 Å². The molecule has 1 N–H and O–H groups in total. The molecule has 4 aromatic rings. The van der Waals surface area contributed by atoms with Crippen molar-refractivity contribution in [3.05, 3.63) is 108 Å². The number of methoxy groups -OCH3 is 1. The molecule has 0 aliphatic rings. The lowest BCUT2D eigenvalue weighted by Gasteiger charge is -2.25. The number of hydrogen-bond acceptors (Lipinski definition) is 5. The summed E-state index contributed by atoms with van der Waals surface area (Å²) in [6.07, 6.45) is 0.